The van der Waals surface area contributed by atoms with E-state index >= 15 is 4.39 Å². The Hall–Kier alpha value is -2.79. The van der Waals surface area contributed by atoms with E-state index in [-0.39, 0.29) is 24.2 Å². The molecular formula is C36H46BF2N3O4. The summed E-state index contributed by atoms with van der Waals surface area (Å²) in [5, 5.41) is 4.79. The highest BCUT2D eigenvalue weighted by Gasteiger charge is 2.41. The Morgan fingerprint density at radius 2 is 1.78 bits per heavy atom. The van der Waals surface area contributed by atoms with Crippen LogP contribution in [0.1, 0.15) is 76.1 Å². The van der Waals surface area contributed by atoms with Crippen molar-refractivity contribution in [2.45, 2.75) is 65.0 Å². The third-order valence-electron chi connectivity index (χ3n) is 10.1. The number of alkyl halides is 1. The number of ether oxygens (including phenoxy) is 2. The van der Waals surface area contributed by atoms with Gasteiger partial charge >= 0.3 is 7.12 Å². The predicted octanol–water partition coefficient (Wildman–Crippen LogP) is 7.25. The van der Waals surface area contributed by atoms with Gasteiger partial charge in [0.25, 0.3) is 0 Å². The van der Waals surface area contributed by atoms with Crippen LogP contribution in [0, 0.1) is 23.2 Å². The van der Waals surface area contributed by atoms with Gasteiger partial charge in [-0.05, 0) is 97.4 Å². The van der Waals surface area contributed by atoms with E-state index in [9.17, 15) is 4.39 Å². The van der Waals surface area contributed by atoms with Crippen LogP contribution >= 0.6 is 0 Å². The van der Waals surface area contributed by atoms with E-state index in [4.69, 9.17) is 18.8 Å². The van der Waals surface area contributed by atoms with Gasteiger partial charge in [0.05, 0.1) is 17.6 Å². The monoisotopic (exact) mass is 633 g/mol. The minimum Gasteiger partial charge on any atom is -0.492 e. The molecule has 0 radical (unpaired) electrons. The lowest BCUT2D eigenvalue weighted by atomic mass is 9.59. The third-order valence-corrected chi connectivity index (χ3v) is 10.1. The number of hydrogen-bond donors (Lipinski definition) is 0. The van der Waals surface area contributed by atoms with Gasteiger partial charge in [-0.1, -0.05) is 38.5 Å². The van der Waals surface area contributed by atoms with Gasteiger partial charge in [0.2, 0.25) is 5.95 Å². The van der Waals surface area contributed by atoms with Crippen LogP contribution in [0.25, 0.3) is 16.5 Å². The largest absolute Gasteiger partial charge is 0.492 e. The lowest BCUT2D eigenvalue weighted by Gasteiger charge is -2.39. The van der Waals surface area contributed by atoms with E-state index in [0.29, 0.717) is 37.7 Å². The molecule has 2 aromatic carbocycles. The van der Waals surface area contributed by atoms with Crippen molar-refractivity contribution >= 4 is 23.6 Å². The Morgan fingerprint density at radius 3 is 2.46 bits per heavy atom. The van der Waals surface area contributed by atoms with E-state index in [1.54, 1.807) is 4.68 Å². The fourth-order valence-electron chi connectivity index (χ4n) is 7.25. The summed E-state index contributed by atoms with van der Waals surface area (Å²) in [5.41, 5.74) is 4.77. The minimum atomic E-state index is -0.484. The molecule has 0 spiro atoms. The Balaban J connectivity index is 1.22. The quantitative estimate of drug-likeness (QED) is 0.220. The number of halogens is 2. The molecule has 4 aliphatic rings. The second kappa shape index (κ2) is 13.8. The molecule has 7 nitrogen and oxygen atoms in total. The molecule has 7 rings (SSSR count). The molecule has 3 aromatic rings. The first-order chi connectivity index (χ1) is 22.4. The fourth-order valence-corrected chi connectivity index (χ4v) is 7.25. The molecule has 3 aliphatic heterocycles. The van der Waals surface area contributed by atoms with Crippen molar-refractivity contribution in [1.29, 1.82) is 0 Å². The van der Waals surface area contributed by atoms with Gasteiger partial charge in [-0.2, -0.15) is 4.39 Å². The summed E-state index contributed by atoms with van der Waals surface area (Å²) in [6.45, 7) is 9.02. The zero-order chi connectivity index (χ0) is 31.7. The van der Waals surface area contributed by atoms with Gasteiger partial charge < -0.3 is 18.8 Å². The first kappa shape index (κ1) is 31.8. The van der Waals surface area contributed by atoms with Crippen molar-refractivity contribution < 1.29 is 27.6 Å². The standard InChI is InChI=1S/C36H46BF2N3O4/c1-36(2)23-45-37(46-24-36)34(27-6-5-7-27)33(26-9-12-29(13-10-26)43-19-17-41-16-15-25(21-38)22-41)28-11-14-31-30(20-28)35(39)40-42(31)32-8-3-4-18-44-32/h9-14,20,25,27,32H,3-8,15-19,21-24H2,1-2H3. The molecule has 246 valence electrons. The first-order valence-electron chi connectivity index (χ1n) is 17.2. The van der Waals surface area contributed by atoms with E-state index in [0.717, 1.165) is 98.0 Å². The van der Waals surface area contributed by atoms with Crippen LogP contribution in [-0.2, 0) is 14.0 Å². The number of nitrogens with zero attached hydrogens (tertiary/aromatic N) is 3. The van der Waals surface area contributed by atoms with Crippen LogP contribution in [0.4, 0.5) is 8.78 Å². The molecule has 3 saturated heterocycles. The summed E-state index contributed by atoms with van der Waals surface area (Å²) in [6.07, 6.45) is 6.86. The molecular weight excluding hydrogens is 587 g/mol. The van der Waals surface area contributed by atoms with E-state index in [1.807, 2.05) is 24.3 Å². The molecule has 1 aliphatic carbocycles. The lowest BCUT2D eigenvalue weighted by Crippen LogP contribution is -2.44. The maximum Gasteiger partial charge on any atom is 0.490 e. The number of likely N-dealkylation sites (tertiary alicyclic amines) is 1. The molecule has 10 heteroatoms. The minimum absolute atomic E-state index is 0.0555. The topological polar surface area (TPSA) is 58.0 Å². The van der Waals surface area contributed by atoms with Crippen molar-refractivity contribution in [1.82, 2.24) is 14.7 Å². The van der Waals surface area contributed by atoms with E-state index in [2.05, 4.69) is 42.0 Å². The molecule has 1 aromatic heterocycles. The Bertz CT molecular complexity index is 1520. The molecule has 1 saturated carbocycles. The second-order valence-corrected chi connectivity index (χ2v) is 14.3. The van der Waals surface area contributed by atoms with Crippen LogP contribution in [0.15, 0.2) is 47.9 Å². The van der Waals surface area contributed by atoms with Crippen LogP contribution in [0.5, 0.6) is 5.75 Å². The number of benzene rings is 2. The van der Waals surface area contributed by atoms with Gasteiger partial charge in [-0.3, -0.25) is 9.29 Å². The van der Waals surface area contributed by atoms with Crippen molar-refractivity contribution in [3.8, 4) is 5.75 Å². The maximum absolute atomic E-state index is 15.5. The highest BCUT2D eigenvalue weighted by atomic mass is 19.1. The van der Waals surface area contributed by atoms with Gasteiger partial charge in [0.15, 0.2) is 6.23 Å². The Kier molecular flexibility index (Phi) is 9.50. The Labute approximate surface area is 271 Å². The van der Waals surface area contributed by atoms with Crippen LogP contribution in [0.3, 0.4) is 0 Å². The number of hydrogen-bond acceptors (Lipinski definition) is 6. The molecule has 0 amide bonds. The number of allylic oxidation sites excluding steroid dienone is 1. The van der Waals surface area contributed by atoms with Crippen molar-refractivity contribution in [2.24, 2.45) is 17.3 Å². The lowest BCUT2D eigenvalue weighted by molar-refractivity contribution is -0.0375. The van der Waals surface area contributed by atoms with Crippen molar-refractivity contribution in [3.05, 3.63) is 65.0 Å². The average Bonchev–Trinajstić information content (AvgIpc) is 3.65. The number of fused-ring (bicyclic) bond motifs is 1. The van der Waals surface area contributed by atoms with E-state index < -0.39 is 13.1 Å². The first-order valence-corrected chi connectivity index (χ1v) is 17.2. The van der Waals surface area contributed by atoms with Crippen LogP contribution in [-0.4, -0.2) is 74.5 Å². The van der Waals surface area contributed by atoms with Crippen LogP contribution in [0.2, 0.25) is 0 Å². The van der Waals surface area contributed by atoms with Crippen LogP contribution < -0.4 is 4.74 Å². The summed E-state index contributed by atoms with van der Waals surface area (Å²) in [6, 6.07) is 14.2. The zero-order valence-corrected chi connectivity index (χ0v) is 27.2. The summed E-state index contributed by atoms with van der Waals surface area (Å²) < 4.78 is 55.2. The van der Waals surface area contributed by atoms with Crippen molar-refractivity contribution in [3.63, 3.8) is 0 Å². The predicted molar refractivity (Wildman–Crippen MR) is 176 cm³/mol. The fraction of sp³-hybridized carbons (Fsp3) is 0.583. The highest BCUT2D eigenvalue weighted by molar-refractivity contribution is 6.56. The third kappa shape index (κ3) is 6.77. The normalized spacial score (nSPS) is 24.7. The Morgan fingerprint density at radius 1 is 1.00 bits per heavy atom. The smallest absolute Gasteiger partial charge is 0.490 e. The molecule has 0 bridgehead atoms. The summed E-state index contributed by atoms with van der Waals surface area (Å²) >= 11 is 0. The maximum atomic E-state index is 15.5. The summed E-state index contributed by atoms with van der Waals surface area (Å²) in [4.78, 5) is 2.27. The molecule has 46 heavy (non-hydrogen) atoms. The van der Waals surface area contributed by atoms with Crippen molar-refractivity contribution in [2.75, 3.05) is 52.7 Å². The number of aromatic nitrogens is 2. The number of rotatable bonds is 10. The SMILES string of the molecule is CC1(C)COB(C(=C(c2ccc(OCCN3CCC(CF)C3)cc2)c2ccc3c(c2)c(F)nn3C2CCCCO2)C2CCC2)OC1. The molecule has 2 unspecified atom stereocenters. The van der Waals surface area contributed by atoms with Gasteiger partial charge in [-0.25, -0.2) is 4.68 Å². The van der Waals surface area contributed by atoms with Gasteiger partial charge in [0.1, 0.15) is 12.4 Å². The van der Waals surface area contributed by atoms with E-state index in [1.165, 1.54) is 0 Å². The molecule has 2 atom stereocenters. The average molecular weight is 634 g/mol. The second-order valence-electron chi connectivity index (χ2n) is 14.3. The zero-order valence-electron chi connectivity index (χ0n) is 27.2. The van der Waals surface area contributed by atoms with Gasteiger partial charge in [0, 0.05) is 44.2 Å². The summed E-state index contributed by atoms with van der Waals surface area (Å²) in [5.74, 6) is 0.781. The molecule has 4 heterocycles. The molecule has 0 N–H and O–H groups in total. The molecule has 4 fully saturated rings. The highest BCUT2D eigenvalue weighted by Crippen LogP contribution is 2.43. The summed E-state index contributed by atoms with van der Waals surface area (Å²) in [7, 11) is -0.461. The van der Waals surface area contributed by atoms with Gasteiger partial charge in [-0.15, -0.1) is 5.10 Å².